The molecule has 0 fully saturated rings. The summed E-state index contributed by atoms with van der Waals surface area (Å²) in [4.78, 5) is 17.8. The van der Waals surface area contributed by atoms with Crippen LogP contribution in [-0.4, -0.2) is 44.0 Å². The molecule has 2 atom stereocenters. The van der Waals surface area contributed by atoms with Crippen LogP contribution in [0.1, 0.15) is 32.3 Å². The maximum atomic E-state index is 12.6. The van der Waals surface area contributed by atoms with Crippen molar-refractivity contribution in [1.29, 1.82) is 0 Å². The number of allylic oxidation sites excluding steroid dienone is 1. The normalized spacial score (nSPS) is 19.4. The Kier molecular flexibility index (Phi) is 7.48. The second-order valence-electron chi connectivity index (χ2n) is 7.75. The Morgan fingerprint density at radius 3 is 2.50 bits per heavy atom. The molecule has 1 aliphatic carbocycles. The minimum atomic E-state index is -3.32. The van der Waals surface area contributed by atoms with Crippen LogP contribution < -0.4 is 4.74 Å². The third-order valence-corrected chi connectivity index (χ3v) is 6.23. The first-order valence-corrected chi connectivity index (χ1v) is 12.2. The summed E-state index contributed by atoms with van der Waals surface area (Å²) in [7, 11) is -3.32. The number of hydrogen-bond acceptors (Lipinski definition) is 7. The number of hydrogen-bond donors (Lipinski definition) is 1. The molecule has 1 aliphatic rings. The van der Waals surface area contributed by atoms with Crippen LogP contribution in [0.4, 0.5) is 0 Å². The second-order valence-corrected chi connectivity index (χ2v) is 9.77. The van der Waals surface area contributed by atoms with Crippen LogP contribution in [-0.2, 0) is 19.5 Å². The fraction of sp³-hybridized carbons (Fsp3) is 0.333. The van der Waals surface area contributed by atoms with Crippen molar-refractivity contribution >= 4 is 26.9 Å². The van der Waals surface area contributed by atoms with Gasteiger partial charge in [-0.1, -0.05) is 29.4 Å². The van der Waals surface area contributed by atoms with E-state index in [1.165, 1.54) is 12.1 Å². The number of rotatable bonds is 8. The van der Waals surface area contributed by atoms with Gasteiger partial charge in [0.1, 0.15) is 23.9 Å². The first kappa shape index (κ1) is 23.7. The number of carbonyl (C=O) groups is 1. The maximum absolute atomic E-state index is 12.6. The number of benzene rings is 2. The van der Waals surface area contributed by atoms with Gasteiger partial charge in [-0.15, -0.1) is 0 Å². The lowest BCUT2D eigenvalue weighted by Gasteiger charge is -2.25. The number of Topliss-reactive ketones (excluding diaryl/α,β-unsaturated/α-hetero) is 1. The lowest BCUT2D eigenvalue weighted by Crippen LogP contribution is -2.32. The average molecular weight is 458 g/mol. The summed E-state index contributed by atoms with van der Waals surface area (Å²) in [5.74, 6) is 0.366. The van der Waals surface area contributed by atoms with Gasteiger partial charge in [0.05, 0.1) is 22.6 Å². The van der Waals surface area contributed by atoms with Crippen LogP contribution in [0.15, 0.2) is 64.7 Å². The quantitative estimate of drug-likeness (QED) is 0.475. The van der Waals surface area contributed by atoms with Crippen molar-refractivity contribution in [1.82, 2.24) is 0 Å². The van der Waals surface area contributed by atoms with Gasteiger partial charge in [-0.25, -0.2) is 8.42 Å². The molecule has 0 saturated carbocycles. The third-order valence-electron chi connectivity index (χ3n) is 5.12. The first-order valence-electron chi connectivity index (χ1n) is 10.3. The maximum Gasteiger partial charge on any atom is 0.175 e. The molecule has 170 valence electrons. The highest BCUT2D eigenvalue weighted by atomic mass is 32.2. The summed E-state index contributed by atoms with van der Waals surface area (Å²) in [5.41, 5.74) is 2.24. The summed E-state index contributed by atoms with van der Waals surface area (Å²) in [6.07, 6.45) is 2.54. The van der Waals surface area contributed by atoms with Gasteiger partial charge >= 0.3 is 0 Å². The van der Waals surface area contributed by atoms with E-state index in [9.17, 15) is 18.3 Å². The topological polar surface area (TPSA) is 102 Å². The number of ether oxygens (including phenoxy) is 1. The molecule has 0 radical (unpaired) electrons. The third kappa shape index (κ3) is 6.05. The Labute approximate surface area is 188 Å². The zero-order valence-electron chi connectivity index (χ0n) is 18.3. The first-order chi connectivity index (χ1) is 15.2. The molecule has 2 aromatic rings. The van der Waals surface area contributed by atoms with Crippen LogP contribution in [0.3, 0.4) is 0 Å². The van der Waals surface area contributed by atoms with E-state index in [2.05, 4.69) is 5.16 Å². The molecule has 0 aromatic heterocycles. The van der Waals surface area contributed by atoms with Gasteiger partial charge in [0.2, 0.25) is 0 Å². The van der Waals surface area contributed by atoms with Gasteiger partial charge in [0.25, 0.3) is 0 Å². The number of aliphatic hydroxyl groups excluding tert-OH is 1. The number of carbonyl (C=O) groups excluding carboxylic acids is 1. The number of sulfone groups is 1. The highest BCUT2D eigenvalue weighted by Crippen LogP contribution is 2.32. The van der Waals surface area contributed by atoms with Gasteiger partial charge in [0, 0.05) is 19.1 Å². The van der Waals surface area contributed by atoms with E-state index in [1.807, 2.05) is 19.1 Å². The highest BCUT2D eigenvalue weighted by Gasteiger charge is 2.31. The largest absolute Gasteiger partial charge is 0.457 e. The zero-order chi connectivity index (χ0) is 23.3. The van der Waals surface area contributed by atoms with E-state index in [1.54, 1.807) is 37.3 Å². The van der Waals surface area contributed by atoms with Gasteiger partial charge in [-0.05, 0) is 55.3 Å². The summed E-state index contributed by atoms with van der Waals surface area (Å²) < 4.78 is 29.2. The predicted molar refractivity (Wildman–Crippen MR) is 123 cm³/mol. The molecular formula is C24H27NO6S. The number of aliphatic hydroxyl groups is 1. The van der Waals surface area contributed by atoms with Gasteiger partial charge in [-0.3, -0.25) is 4.79 Å². The Hall–Kier alpha value is -2.97. The molecule has 0 heterocycles. The summed E-state index contributed by atoms with van der Waals surface area (Å²) in [6.45, 7) is 4.06. The molecule has 1 N–H and O–H groups in total. The second kappa shape index (κ2) is 10.1. The predicted octanol–water partition coefficient (Wildman–Crippen LogP) is 4.02. The highest BCUT2D eigenvalue weighted by molar-refractivity contribution is 7.90. The molecule has 0 saturated heterocycles. The molecule has 7 nitrogen and oxygen atoms in total. The van der Waals surface area contributed by atoms with E-state index in [0.29, 0.717) is 30.2 Å². The summed E-state index contributed by atoms with van der Waals surface area (Å²) in [5, 5.41) is 14.5. The van der Waals surface area contributed by atoms with E-state index in [0.717, 1.165) is 17.4 Å². The molecule has 8 heteroatoms. The molecular weight excluding hydrogens is 430 g/mol. The van der Waals surface area contributed by atoms with E-state index >= 15 is 0 Å². The molecule has 0 aliphatic heterocycles. The SMILES string of the molecule is CCO/N=C(\C)CC1C(=O)CC(c2ccc(Oc3cccc(S(C)(=O)=O)c3)cc2)=CC1O. The Morgan fingerprint density at radius 1 is 1.16 bits per heavy atom. The van der Waals surface area contributed by atoms with Crippen molar-refractivity contribution in [2.75, 3.05) is 12.9 Å². The minimum Gasteiger partial charge on any atom is -0.457 e. The zero-order valence-corrected chi connectivity index (χ0v) is 19.1. The van der Waals surface area contributed by atoms with Gasteiger partial charge in [-0.2, -0.15) is 0 Å². The van der Waals surface area contributed by atoms with Crippen LogP contribution in [0.2, 0.25) is 0 Å². The molecule has 32 heavy (non-hydrogen) atoms. The van der Waals surface area contributed by atoms with Crippen molar-refractivity contribution in [2.45, 2.75) is 37.7 Å². The standard InChI is InChI=1S/C24H27NO6S/c1-4-30-25-16(2)12-22-23(26)13-18(14-24(22)27)17-8-10-19(11-9-17)31-20-6-5-7-21(15-20)32(3,28)29/h5-11,13,15,22-23,26H,4,12,14H2,1-3H3/b25-16+. The van der Waals surface area contributed by atoms with Gasteiger partial charge in [0.15, 0.2) is 9.84 Å². The van der Waals surface area contributed by atoms with Crippen LogP contribution in [0.5, 0.6) is 11.5 Å². The lowest BCUT2D eigenvalue weighted by atomic mass is 9.81. The molecule has 0 amide bonds. The Morgan fingerprint density at radius 2 is 1.88 bits per heavy atom. The Balaban J connectivity index is 1.71. The number of nitrogens with zero attached hydrogens (tertiary/aromatic N) is 1. The van der Waals surface area contributed by atoms with Crippen molar-refractivity contribution in [3.63, 3.8) is 0 Å². The summed E-state index contributed by atoms with van der Waals surface area (Å²) in [6, 6.07) is 13.4. The number of oxime groups is 1. The molecule has 0 spiro atoms. The molecule has 2 aromatic carbocycles. The monoisotopic (exact) mass is 457 g/mol. The van der Waals surface area contributed by atoms with Crippen LogP contribution in [0.25, 0.3) is 5.57 Å². The van der Waals surface area contributed by atoms with Gasteiger partial charge < -0.3 is 14.7 Å². The lowest BCUT2D eigenvalue weighted by molar-refractivity contribution is -0.124. The smallest absolute Gasteiger partial charge is 0.175 e. The van der Waals surface area contributed by atoms with Crippen molar-refractivity contribution in [2.24, 2.45) is 11.1 Å². The van der Waals surface area contributed by atoms with Crippen LogP contribution >= 0.6 is 0 Å². The Bertz CT molecular complexity index is 1140. The minimum absolute atomic E-state index is 0.0426. The van der Waals surface area contributed by atoms with E-state index in [-0.39, 0.29) is 17.1 Å². The fourth-order valence-electron chi connectivity index (χ4n) is 3.50. The van der Waals surface area contributed by atoms with E-state index in [4.69, 9.17) is 9.57 Å². The molecule has 0 bridgehead atoms. The van der Waals surface area contributed by atoms with Crippen molar-refractivity contribution in [3.05, 3.63) is 60.2 Å². The average Bonchev–Trinajstić information content (AvgIpc) is 2.75. The summed E-state index contributed by atoms with van der Waals surface area (Å²) >= 11 is 0. The fourth-order valence-corrected chi connectivity index (χ4v) is 4.15. The number of ketones is 1. The van der Waals surface area contributed by atoms with Crippen LogP contribution in [0, 0.1) is 5.92 Å². The van der Waals surface area contributed by atoms with E-state index < -0.39 is 21.9 Å². The molecule has 2 unspecified atom stereocenters. The molecule has 3 rings (SSSR count). The van der Waals surface area contributed by atoms with Crippen molar-refractivity contribution < 1.29 is 27.9 Å². The van der Waals surface area contributed by atoms with Crippen molar-refractivity contribution in [3.8, 4) is 11.5 Å².